The second kappa shape index (κ2) is 6.11. The number of amides is 1. The molecule has 3 rings (SSSR count). The van der Waals surface area contributed by atoms with E-state index < -0.39 is 0 Å². The Labute approximate surface area is 129 Å². The van der Waals surface area contributed by atoms with E-state index in [1.165, 1.54) is 0 Å². The molecule has 1 aliphatic heterocycles. The summed E-state index contributed by atoms with van der Waals surface area (Å²) < 4.78 is 0. The Hall–Kier alpha value is -2.47. The molecular formula is C16H19N5O. The van der Waals surface area contributed by atoms with E-state index >= 15 is 0 Å². The number of piperazine rings is 1. The van der Waals surface area contributed by atoms with Crippen molar-refractivity contribution in [3.05, 3.63) is 42.1 Å². The van der Waals surface area contributed by atoms with Crippen molar-refractivity contribution in [2.24, 2.45) is 0 Å². The molecule has 22 heavy (non-hydrogen) atoms. The molecule has 0 aliphatic carbocycles. The zero-order valence-electron chi connectivity index (χ0n) is 12.6. The van der Waals surface area contributed by atoms with Crippen molar-refractivity contribution in [2.75, 3.05) is 39.0 Å². The van der Waals surface area contributed by atoms with Gasteiger partial charge in [-0.15, -0.1) is 0 Å². The number of nitrogen functional groups attached to an aromatic ring is 1. The fraction of sp³-hybridized carbons (Fsp3) is 0.312. The molecule has 6 nitrogen and oxygen atoms in total. The summed E-state index contributed by atoms with van der Waals surface area (Å²) in [6.45, 7) is 3.38. The molecule has 114 valence electrons. The van der Waals surface area contributed by atoms with Crippen LogP contribution in [0.1, 0.15) is 10.4 Å². The van der Waals surface area contributed by atoms with Crippen molar-refractivity contribution in [2.45, 2.75) is 0 Å². The molecule has 1 aromatic carbocycles. The normalized spacial score (nSPS) is 15.8. The van der Waals surface area contributed by atoms with Gasteiger partial charge < -0.3 is 15.5 Å². The second-order valence-electron chi connectivity index (χ2n) is 5.48. The number of rotatable bonds is 2. The van der Waals surface area contributed by atoms with Crippen LogP contribution in [0.4, 0.5) is 5.82 Å². The third-order valence-electron chi connectivity index (χ3n) is 3.86. The Bertz CT molecular complexity index is 662. The second-order valence-corrected chi connectivity index (χ2v) is 5.48. The molecule has 1 saturated heterocycles. The molecule has 0 bridgehead atoms. The highest BCUT2D eigenvalue weighted by molar-refractivity contribution is 5.94. The van der Waals surface area contributed by atoms with Crippen molar-refractivity contribution >= 4 is 11.7 Å². The molecule has 0 spiro atoms. The number of likely N-dealkylation sites (N-methyl/N-ethyl adjacent to an activating group) is 1. The van der Waals surface area contributed by atoms with E-state index in [0.29, 0.717) is 17.2 Å². The number of benzene rings is 1. The molecule has 0 saturated carbocycles. The van der Waals surface area contributed by atoms with Gasteiger partial charge in [0.2, 0.25) is 0 Å². The summed E-state index contributed by atoms with van der Waals surface area (Å²) in [6.07, 6.45) is 1.63. The lowest BCUT2D eigenvalue weighted by molar-refractivity contribution is 0.0664. The third-order valence-corrected chi connectivity index (χ3v) is 3.86. The van der Waals surface area contributed by atoms with Gasteiger partial charge in [-0.05, 0) is 25.2 Å². The van der Waals surface area contributed by atoms with Crippen LogP contribution in [0.15, 0.2) is 36.5 Å². The van der Waals surface area contributed by atoms with E-state index in [1.807, 2.05) is 29.2 Å². The maximum absolute atomic E-state index is 12.5. The summed E-state index contributed by atoms with van der Waals surface area (Å²) in [5, 5.41) is 0. The Morgan fingerprint density at radius 2 is 1.77 bits per heavy atom. The fourth-order valence-corrected chi connectivity index (χ4v) is 2.47. The number of carbonyl (C=O) groups excluding carboxylic acids is 1. The molecule has 1 aliphatic rings. The van der Waals surface area contributed by atoms with Gasteiger partial charge in [0.1, 0.15) is 5.82 Å². The van der Waals surface area contributed by atoms with Crippen LogP contribution in [-0.2, 0) is 0 Å². The maximum atomic E-state index is 12.5. The molecule has 2 N–H and O–H groups in total. The van der Waals surface area contributed by atoms with Crippen LogP contribution in [0.2, 0.25) is 0 Å². The number of nitrogens with zero attached hydrogens (tertiary/aromatic N) is 4. The summed E-state index contributed by atoms with van der Waals surface area (Å²) in [7, 11) is 2.07. The topological polar surface area (TPSA) is 75.3 Å². The predicted octanol–water partition coefficient (Wildman–Crippen LogP) is 1.11. The first-order valence-corrected chi connectivity index (χ1v) is 7.30. The van der Waals surface area contributed by atoms with Gasteiger partial charge in [-0.25, -0.2) is 9.97 Å². The van der Waals surface area contributed by atoms with Crippen molar-refractivity contribution in [1.82, 2.24) is 19.8 Å². The summed E-state index contributed by atoms with van der Waals surface area (Å²) >= 11 is 0. The number of aromatic nitrogens is 2. The van der Waals surface area contributed by atoms with Gasteiger partial charge in [0.25, 0.3) is 5.91 Å². The molecule has 0 unspecified atom stereocenters. The maximum Gasteiger partial charge on any atom is 0.253 e. The van der Waals surface area contributed by atoms with Crippen molar-refractivity contribution in [3.8, 4) is 11.4 Å². The van der Waals surface area contributed by atoms with Gasteiger partial charge >= 0.3 is 0 Å². The Morgan fingerprint density at radius 3 is 2.41 bits per heavy atom. The zero-order valence-corrected chi connectivity index (χ0v) is 12.6. The summed E-state index contributed by atoms with van der Waals surface area (Å²) in [5.41, 5.74) is 7.21. The molecular weight excluding hydrogens is 278 g/mol. The molecule has 1 amide bonds. The lowest BCUT2D eigenvalue weighted by atomic mass is 10.1. The first kappa shape index (κ1) is 14.5. The van der Waals surface area contributed by atoms with Gasteiger partial charge in [-0.3, -0.25) is 4.79 Å². The van der Waals surface area contributed by atoms with Gasteiger partial charge in [-0.2, -0.15) is 0 Å². The Balaban J connectivity index is 1.75. The van der Waals surface area contributed by atoms with Crippen LogP contribution in [0.3, 0.4) is 0 Å². The SMILES string of the molecule is CN1CCN(C(=O)c2ccc(-c3nccc(N)n3)cc2)CC1. The van der Waals surface area contributed by atoms with E-state index in [-0.39, 0.29) is 5.91 Å². The minimum atomic E-state index is 0.0770. The van der Waals surface area contributed by atoms with Crippen molar-refractivity contribution in [3.63, 3.8) is 0 Å². The molecule has 1 fully saturated rings. The predicted molar refractivity (Wildman–Crippen MR) is 85.3 cm³/mol. The van der Waals surface area contributed by atoms with E-state index in [4.69, 9.17) is 5.73 Å². The monoisotopic (exact) mass is 297 g/mol. The van der Waals surface area contributed by atoms with E-state index in [1.54, 1.807) is 12.3 Å². The fourth-order valence-electron chi connectivity index (χ4n) is 2.47. The number of anilines is 1. The Morgan fingerprint density at radius 1 is 1.09 bits per heavy atom. The number of hydrogen-bond donors (Lipinski definition) is 1. The molecule has 1 aromatic heterocycles. The van der Waals surface area contributed by atoms with Gasteiger partial charge in [0.05, 0.1) is 0 Å². The van der Waals surface area contributed by atoms with Gasteiger partial charge in [-0.1, -0.05) is 12.1 Å². The van der Waals surface area contributed by atoms with Crippen molar-refractivity contribution in [1.29, 1.82) is 0 Å². The quantitative estimate of drug-likeness (QED) is 0.899. The molecule has 2 aromatic rings. The van der Waals surface area contributed by atoms with Crippen LogP contribution in [0.25, 0.3) is 11.4 Å². The minimum Gasteiger partial charge on any atom is -0.384 e. The van der Waals surface area contributed by atoms with Crippen molar-refractivity contribution < 1.29 is 4.79 Å². The molecule has 0 atom stereocenters. The first-order chi connectivity index (χ1) is 10.6. The molecule has 0 radical (unpaired) electrons. The number of nitrogens with two attached hydrogens (primary N) is 1. The third kappa shape index (κ3) is 3.07. The number of hydrogen-bond acceptors (Lipinski definition) is 5. The molecule has 2 heterocycles. The largest absolute Gasteiger partial charge is 0.384 e. The van der Waals surface area contributed by atoms with Crippen LogP contribution >= 0.6 is 0 Å². The number of carbonyl (C=O) groups is 1. The van der Waals surface area contributed by atoms with Crippen LogP contribution in [-0.4, -0.2) is 58.9 Å². The highest BCUT2D eigenvalue weighted by atomic mass is 16.2. The van der Waals surface area contributed by atoms with Crippen LogP contribution in [0, 0.1) is 0 Å². The van der Waals surface area contributed by atoms with Crippen LogP contribution < -0.4 is 5.73 Å². The Kier molecular flexibility index (Phi) is 4.02. The summed E-state index contributed by atoms with van der Waals surface area (Å²) in [6, 6.07) is 9.01. The summed E-state index contributed by atoms with van der Waals surface area (Å²) in [5.74, 6) is 1.08. The van der Waals surface area contributed by atoms with E-state index in [0.717, 1.165) is 31.7 Å². The summed E-state index contributed by atoms with van der Waals surface area (Å²) in [4.78, 5) is 25.0. The molecule has 6 heteroatoms. The highest BCUT2D eigenvalue weighted by Gasteiger charge is 2.20. The van der Waals surface area contributed by atoms with E-state index in [9.17, 15) is 4.79 Å². The van der Waals surface area contributed by atoms with Crippen LogP contribution in [0.5, 0.6) is 0 Å². The van der Waals surface area contributed by atoms with Gasteiger partial charge in [0, 0.05) is 43.5 Å². The average molecular weight is 297 g/mol. The highest BCUT2D eigenvalue weighted by Crippen LogP contribution is 2.17. The first-order valence-electron chi connectivity index (χ1n) is 7.30. The van der Waals surface area contributed by atoms with Gasteiger partial charge in [0.15, 0.2) is 5.82 Å². The smallest absolute Gasteiger partial charge is 0.253 e. The standard InChI is InChI=1S/C16H19N5O/c1-20-8-10-21(11-9-20)16(22)13-4-2-12(3-5-13)15-18-7-6-14(17)19-15/h2-7H,8-11H2,1H3,(H2,17,18,19). The van der Waals surface area contributed by atoms with E-state index in [2.05, 4.69) is 21.9 Å². The lowest BCUT2D eigenvalue weighted by Crippen LogP contribution is -2.47. The minimum absolute atomic E-state index is 0.0770. The zero-order chi connectivity index (χ0) is 15.5. The average Bonchev–Trinajstić information content (AvgIpc) is 2.55. The lowest BCUT2D eigenvalue weighted by Gasteiger charge is -2.32.